The lowest BCUT2D eigenvalue weighted by atomic mass is 11.3. The van der Waals surface area contributed by atoms with E-state index < -0.39 is 6.09 Å². The standard InChI is InChI=1S/CHCl2NO2/c2-4(3)1(5)6/h(H,5,6)/p-1. The van der Waals surface area contributed by atoms with Crippen LogP contribution < -0.4 is 5.11 Å². The molecule has 0 spiro atoms. The van der Waals surface area contributed by atoms with Gasteiger partial charge in [0.05, 0.1) is 0 Å². The summed E-state index contributed by atoms with van der Waals surface area (Å²) < 4.78 is -0.0833. The lowest BCUT2D eigenvalue weighted by Crippen LogP contribution is -2.28. The van der Waals surface area contributed by atoms with Crippen molar-refractivity contribution in [3.05, 3.63) is 0 Å². The number of amides is 1. The number of hydrogen-bond acceptors (Lipinski definition) is 2. The highest BCUT2D eigenvalue weighted by Crippen LogP contribution is 1.93. The van der Waals surface area contributed by atoms with Crippen molar-refractivity contribution < 1.29 is 9.90 Å². The van der Waals surface area contributed by atoms with Crippen molar-refractivity contribution in [2.24, 2.45) is 0 Å². The molecule has 0 aromatic carbocycles. The third kappa shape index (κ3) is 2.11. The zero-order valence-electron chi connectivity index (χ0n) is 2.52. The van der Waals surface area contributed by atoms with Gasteiger partial charge in [0.25, 0.3) is 0 Å². The summed E-state index contributed by atoms with van der Waals surface area (Å²) in [5, 5.41) is 9.25. The van der Waals surface area contributed by atoms with Crippen molar-refractivity contribution >= 4 is 29.6 Å². The molecule has 0 atom stereocenters. The molecule has 36 valence electrons. The van der Waals surface area contributed by atoms with Gasteiger partial charge in [-0.2, -0.15) is 3.94 Å². The minimum Gasteiger partial charge on any atom is -0.528 e. The molecule has 0 bridgehead atoms. The summed E-state index contributed by atoms with van der Waals surface area (Å²) >= 11 is 9.10. The summed E-state index contributed by atoms with van der Waals surface area (Å²) in [6, 6.07) is 0. The number of carbonyl (C=O) groups is 1. The number of carboxylic acid groups (broad SMARTS) is 1. The molecule has 0 rings (SSSR count). The van der Waals surface area contributed by atoms with E-state index in [1.807, 2.05) is 0 Å². The normalized spacial score (nSPS) is 7.67. The van der Waals surface area contributed by atoms with Crippen LogP contribution in [0.3, 0.4) is 0 Å². The molecule has 1 amide bonds. The van der Waals surface area contributed by atoms with Crippen LogP contribution in [0, 0.1) is 0 Å². The van der Waals surface area contributed by atoms with Gasteiger partial charge in [0.1, 0.15) is 0 Å². The maximum atomic E-state index is 9.25. The first-order valence-corrected chi connectivity index (χ1v) is 1.65. The molecule has 0 aliphatic carbocycles. The molecule has 0 aromatic rings. The van der Waals surface area contributed by atoms with E-state index in [1.54, 1.807) is 0 Å². The van der Waals surface area contributed by atoms with Crippen molar-refractivity contribution in [1.82, 2.24) is 3.94 Å². The van der Waals surface area contributed by atoms with Crippen molar-refractivity contribution in [2.45, 2.75) is 0 Å². The van der Waals surface area contributed by atoms with Gasteiger partial charge in [-0.25, -0.2) is 0 Å². The Morgan fingerprint density at radius 3 is 1.83 bits per heavy atom. The molecule has 5 heteroatoms. The molecule has 0 aliphatic heterocycles. The van der Waals surface area contributed by atoms with Crippen LogP contribution in [0.15, 0.2) is 0 Å². The van der Waals surface area contributed by atoms with Gasteiger partial charge in [-0.15, -0.1) is 0 Å². The number of nitrogens with zero attached hydrogens (tertiary/aromatic N) is 1. The second-order valence-corrected chi connectivity index (χ2v) is 1.35. The van der Waals surface area contributed by atoms with Gasteiger partial charge >= 0.3 is 0 Å². The number of hydrogen-bond donors (Lipinski definition) is 0. The molecular formula is CCl2NO2-. The summed E-state index contributed by atoms with van der Waals surface area (Å²) in [4.78, 5) is 9.25. The third-order valence-corrected chi connectivity index (χ3v) is 0.414. The Morgan fingerprint density at radius 1 is 1.67 bits per heavy atom. The van der Waals surface area contributed by atoms with Gasteiger partial charge in [-0.3, -0.25) is 0 Å². The molecule has 0 aromatic heterocycles. The van der Waals surface area contributed by atoms with Crippen LogP contribution in [0.2, 0.25) is 0 Å². The van der Waals surface area contributed by atoms with Crippen LogP contribution in [0.1, 0.15) is 0 Å². The molecule has 0 fully saturated rings. The van der Waals surface area contributed by atoms with Crippen LogP contribution in [0.5, 0.6) is 0 Å². The minimum absolute atomic E-state index is 0.0833. The molecular weight excluding hydrogens is 129 g/mol. The Bertz CT molecular complexity index is 62.6. The van der Waals surface area contributed by atoms with Crippen molar-refractivity contribution in [3.63, 3.8) is 0 Å². The summed E-state index contributed by atoms with van der Waals surface area (Å²) in [5.74, 6) is 0. The Balaban J connectivity index is 3.26. The van der Waals surface area contributed by atoms with E-state index in [-0.39, 0.29) is 3.94 Å². The highest BCUT2D eigenvalue weighted by atomic mass is 35.5. The lowest BCUT2D eigenvalue weighted by Gasteiger charge is -2.01. The van der Waals surface area contributed by atoms with Crippen LogP contribution >= 0.6 is 23.6 Å². The fourth-order valence-electron chi connectivity index (χ4n) is 0. The topological polar surface area (TPSA) is 43.4 Å². The van der Waals surface area contributed by atoms with Crippen LogP contribution in [0.25, 0.3) is 0 Å². The van der Waals surface area contributed by atoms with Crippen LogP contribution in [-0.4, -0.2) is 10.0 Å². The average Bonchev–Trinajstić information content (AvgIpc) is 1.36. The highest BCUT2D eigenvalue weighted by molar-refractivity contribution is 6.40. The fourth-order valence-corrected chi connectivity index (χ4v) is 0. The quantitative estimate of drug-likeness (QED) is 0.430. The predicted molar refractivity (Wildman–Crippen MR) is 18.9 cm³/mol. The third-order valence-electron chi connectivity index (χ3n) is 0.138. The van der Waals surface area contributed by atoms with Gasteiger partial charge in [0.15, 0.2) is 6.09 Å². The Morgan fingerprint density at radius 2 is 1.83 bits per heavy atom. The minimum atomic E-state index is -1.63. The smallest absolute Gasteiger partial charge is 0.170 e. The molecule has 0 radical (unpaired) electrons. The molecule has 0 N–H and O–H groups in total. The maximum Gasteiger partial charge on any atom is 0.170 e. The van der Waals surface area contributed by atoms with Gasteiger partial charge < -0.3 is 9.90 Å². The first-order chi connectivity index (χ1) is 2.64. The summed E-state index contributed by atoms with van der Waals surface area (Å²) in [6.07, 6.45) is -1.63. The molecule has 3 nitrogen and oxygen atoms in total. The Hall–Kier alpha value is -0.150. The van der Waals surface area contributed by atoms with E-state index in [0.29, 0.717) is 0 Å². The summed E-state index contributed by atoms with van der Waals surface area (Å²) in [6.45, 7) is 0. The van der Waals surface area contributed by atoms with Gasteiger partial charge in [-0.1, -0.05) is 0 Å². The molecule has 0 saturated carbocycles. The van der Waals surface area contributed by atoms with Crippen LogP contribution in [0.4, 0.5) is 4.79 Å². The van der Waals surface area contributed by atoms with E-state index in [4.69, 9.17) is 0 Å². The zero-order chi connectivity index (χ0) is 5.15. The molecule has 0 unspecified atom stereocenters. The van der Waals surface area contributed by atoms with E-state index in [0.717, 1.165) is 0 Å². The largest absolute Gasteiger partial charge is 0.528 e. The molecule has 6 heavy (non-hydrogen) atoms. The highest BCUT2D eigenvalue weighted by Gasteiger charge is 1.86. The van der Waals surface area contributed by atoms with Gasteiger partial charge in [0, 0.05) is 23.6 Å². The fraction of sp³-hybridized carbons (Fsp3) is 0. The average molecular weight is 129 g/mol. The molecule has 0 heterocycles. The summed E-state index contributed by atoms with van der Waals surface area (Å²) in [7, 11) is 0. The zero-order valence-corrected chi connectivity index (χ0v) is 4.03. The van der Waals surface area contributed by atoms with Crippen molar-refractivity contribution in [3.8, 4) is 0 Å². The Kier molecular flexibility index (Phi) is 2.05. The van der Waals surface area contributed by atoms with E-state index in [2.05, 4.69) is 23.6 Å². The maximum absolute atomic E-state index is 9.25. The second-order valence-electron chi connectivity index (χ2n) is 0.499. The first kappa shape index (κ1) is 5.85. The van der Waals surface area contributed by atoms with Crippen LogP contribution in [-0.2, 0) is 0 Å². The Labute approximate surface area is 44.3 Å². The number of carbonyl (C=O) groups excluding carboxylic acids is 1. The monoisotopic (exact) mass is 128 g/mol. The van der Waals surface area contributed by atoms with Gasteiger partial charge in [-0.05, 0) is 0 Å². The SMILES string of the molecule is O=C([O-])N(Cl)Cl. The number of rotatable bonds is 0. The predicted octanol–water partition coefficient (Wildman–Crippen LogP) is -0.0607. The van der Waals surface area contributed by atoms with Crippen molar-refractivity contribution in [1.29, 1.82) is 0 Å². The second kappa shape index (κ2) is 2.10. The molecule has 0 aliphatic rings. The first-order valence-electron chi connectivity index (χ1n) is 0.970. The lowest BCUT2D eigenvalue weighted by molar-refractivity contribution is -0.254. The van der Waals surface area contributed by atoms with E-state index in [1.165, 1.54) is 0 Å². The van der Waals surface area contributed by atoms with Crippen molar-refractivity contribution in [2.75, 3.05) is 0 Å². The van der Waals surface area contributed by atoms with E-state index >= 15 is 0 Å². The van der Waals surface area contributed by atoms with E-state index in [9.17, 15) is 9.90 Å². The molecule has 0 saturated heterocycles. The summed E-state index contributed by atoms with van der Waals surface area (Å²) in [5.41, 5.74) is 0. The van der Waals surface area contributed by atoms with Gasteiger partial charge in [0.2, 0.25) is 0 Å². The number of halogens is 2.